The third kappa shape index (κ3) is 3.91. The molecular formula is C29H37NO4. The number of benzene rings is 1. The highest BCUT2D eigenvalue weighted by molar-refractivity contribution is 5.75. The number of fused-ring (bicyclic) bond motifs is 3. The Bertz CT molecular complexity index is 1010. The summed E-state index contributed by atoms with van der Waals surface area (Å²) in [6, 6.07) is 12.7. The zero-order valence-electron chi connectivity index (χ0n) is 20.4. The Labute approximate surface area is 202 Å². The maximum absolute atomic E-state index is 12.9. The fourth-order valence-corrected chi connectivity index (χ4v) is 7.46. The highest BCUT2D eigenvalue weighted by Crippen LogP contribution is 2.62. The smallest absolute Gasteiger partial charge is 0.310 e. The maximum atomic E-state index is 12.9. The number of hydrogen-bond acceptors (Lipinski definition) is 5. The number of furan rings is 1. The van der Waals surface area contributed by atoms with Crippen molar-refractivity contribution in [3.63, 3.8) is 0 Å². The number of aryl methyl sites for hydroxylation is 1. The van der Waals surface area contributed by atoms with E-state index in [1.807, 2.05) is 6.07 Å². The van der Waals surface area contributed by atoms with Gasteiger partial charge in [-0.25, -0.2) is 0 Å². The SMILES string of the molecule is Cc1ccc([C@H](CCNC[C@@H]2C(=O)O[C@@H]3C[C@@]4(C)CCC[C@]5(CO5)[C@@H]4C[C@H]23)c2ccco2)cc1. The average molecular weight is 464 g/mol. The number of nitrogens with one attached hydrogen (secondary N) is 1. The molecule has 2 aliphatic heterocycles. The van der Waals surface area contributed by atoms with Gasteiger partial charge in [-0.15, -0.1) is 0 Å². The average Bonchev–Trinajstić information content (AvgIpc) is 3.24. The van der Waals surface area contributed by atoms with Crippen LogP contribution in [0.4, 0.5) is 0 Å². The molecule has 2 saturated carbocycles. The normalized spacial score (nSPS) is 37.2. The second-order valence-corrected chi connectivity index (χ2v) is 11.6. The molecule has 0 unspecified atom stereocenters. The molecule has 182 valence electrons. The van der Waals surface area contributed by atoms with Crippen LogP contribution < -0.4 is 5.32 Å². The minimum atomic E-state index is -0.0475. The number of epoxide rings is 1. The zero-order valence-corrected chi connectivity index (χ0v) is 20.4. The molecule has 34 heavy (non-hydrogen) atoms. The van der Waals surface area contributed by atoms with Crippen LogP contribution in [0.15, 0.2) is 47.1 Å². The van der Waals surface area contributed by atoms with Crippen LogP contribution >= 0.6 is 0 Å². The maximum Gasteiger partial charge on any atom is 0.310 e. The van der Waals surface area contributed by atoms with Gasteiger partial charge in [-0.2, -0.15) is 0 Å². The van der Waals surface area contributed by atoms with Gasteiger partial charge in [-0.05, 0) is 81.0 Å². The first kappa shape index (κ1) is 22.4. The van der Waals surface area contributed by atoms with Gasteiger partial charge in [0.15, 0.2) is 0 Å². The van der Waals surface area contributed by atoms with Crippen LogP contribution in [0.1, 0.15) is 68.3 Å². The molecule has 1 aromatic carbocycles. The minimum absolute atomic E-state index is 0.00312. The lowest BCUT2D eigenvalue weighted by molar-refractivity contribution is -0.147. The Morgan fingerprint density at radius 3 is 2.74 bits per heavy atom. The molecule has 4 aliphatic rings. The Morgan fingerprint density at radius 2 is 2.00 bits per heavy atom. The van der Waals surface area contributed by atoms with Gasteiger partial charge in [0.1, 0.15) is 11.9 Å². The fourth-order valence-electron chi connectivity index (χ4n) is 7.46. The van der Waals surface area contributed by atoms with Crippen molar-refractivity contribution in [3.8, 4) is 0 Å². The molecule has 5 nitrogen and oxygen atoms in total. The molecule has 7 atom stereocenters. The molecule has 3 heterocycles. The monoisotopic (exact) mass is 463 g/mol. The summed E-state index contributed by atoms with van der Waals surface area (Å²) in [6.45, 7) is 6.95. The van der Waals surface area contributed by atoms with Crippen molar-refractivity contribution in [2.75, 3.05) is 19.7 Å². The van der Waals surface area contributed by atoms with Gasteiger partial charge >= 0.3 is 5.97 Å². The van der Waals surface area contributed by atoms with Crippen molar-refractivity contribution in [3.05, 3.63) is 59.5 Å². The first-order chi connectivity index (χ1) is 16.5. The molecule has 4 fully saturated rings. The van der Waals surface area contributed by atoms with Crippen LogP contribution in [-0.4, -0.2) is 37.4 Å². The van der Waals surface area contributed by atoms with Crippen LogP contribution in [0.3, 0.4) is 0 Å². The highest BCUT2D eigenvalue weighted by atomic mass is 16.6. The number of carbonyl (C=O) groups excluding carboxylic acids is 1. The first-order valence-electron chi connectivity index (χ1n) is 13.1. The predicted octanol–water partition coefficient (Wildman–Crippen LogP) is 5.23. The lowest BCUT2D eigenvalue weighted by atomic mass is 9.53. The first-order valence-corrected chi connectivity index (χ1v) is 13.1. The number of rotatable bonds is 7. The number of hydrogen-bond donors (Lipinski definition) is 1. The van der Waals surface area contributed by atoms with E-state index in [0.29, 0.717) is 18.4 Å². The summed E-state index contributed by atoms with van der Waals surface area (Å²) in [5, 5.41) is 3.61. The van der Waals surface area contributed by atoms with Gasteiger partial charge < -0.3 is 19.2 Å². The molecule has 0 bridgehead atoms. The van der Waals surface area contributed by atoms with Gasteiger partial charge in [-0.3, -0.25) is 4.79 Å². The molecule has 2 aromatic rings. The van der Waals surface area contributed by atoms with Crippen molar-refractivity contribution >= 4 is 5.97 Å². The van der Waals surface area contributed by atoms with Gasteiger partial charge in [0.05, 0.1) is 24.4 Å². The summed E-state index contributed by atoms with van der Waals surface area (Å²) in [4.78, 5) is 12.9. The summed E-state index contributed by atoms with van der Waals surface area (Å²) in [7, 11) is 0. The lowest BCUT2D eigenvalue weighted by Gasteiger charge is -2.51. The summed E-state index contributed by atoms with van der Waals surface area (Å²) < 4.78 is 17.8. The van der Waals surface area contributed by atoms with E-state index in [2.05, 4.69) is 49.5 Å². The Balaban J connectivity index is 1.09. The van der Waals surface area contributed by atoms with E-state index in [-0.39, 0.29) is 34.9 Å². The third-order valence-corrected chi connectivity index (χ3v) is 9.42. The van der Waals surface area contributed by atoms with E-state index < -0.39 is 0 Å². The van der Waals surface area contributed by atoms with Crippen molar-refractivity contribution in [2.45, 2.75) is 70.0 Å². The minimum Gasteiger partial charge on any atom is -0.469 e. The van der Waals surface area contributed by atoms with Crippen molar-refractivity contribution in [1.82, 2.24) is 5.32 Å². The summed E-state index contributed by atoms with van der Waals surface area (Å²) in [6.07, 6.45) is 8.48. The highest BCUT2D eigenvalue weighted by Gasteiger charge is 2.64. The summed E-state index contributed by atoms with van der Waals surface area (Å²) in [5.41, 5.74) is 2.88. The topological polar surface area (TPSA) is 64.0 Å². The van der Waals surface area contributed by atoms with Gasteiger partial charge in [0, 0.05) is 18.4 Å². The van der Waals surface area contributed by atoms with Crippen molar-refractivity contribution < 1.29 is 18.7 Å². The molecule has 2 saturated heterocycles. The van der Waals surface area contributed by atoms with Crippen LogP contribution in [0.25, 0.3) is 0 Å². The number of carbonyl (C=O) groups is 1. The van der Waals surface area contributed by atoms with Crippen LogP contribution in [0, 0.1) is 30.1 Å². The molecule has 0 amide bonds. The molecule has 1 spiro atoms. The summed E-state index contributed by atoms with van der Waals surface area (Å²) in [5.74, 6) is 2.03. The van der Waals surface area contributed by atoms with E-state index in [9.17, 15) is 4.79 Å². The molecule has 5 heteroatoms. The predicted molar refractivity (Wildman–Crippen MR) is 129 cm³/mol. The molecule has 1 aromatic heterocycles. The lowest BCUT2D eigenvalue weighted by Crippen LogP contribution is -2.51. The molecular weight excluding hydrogens is 426 g/mol. The molecule has 2 aliphatic carbocycles. The molecule has 1 N–H and O–H groups in total. The zero-order chi connectivity index (χ0) is 23.3. The van der Waals surface area contributed by atoms with Crippen molar-refractivity contribution in [1.29, 1.82) is 0 Å². The van der Waals surface area contributed by atoms with E-state index in [4.69, 9.17) is 13.9 Å². The van der Waals surface area contributed by atoms with Crippen LogP contribution in [0.5, 0.6) is 0 Å². The van der Waals surface area contributed by atoms with E-state index >= 15 is 0 Å². The summed E-state index contributed by atoms with van der Waals surface area (Å²) >= 11 is 0. The number of ether oxygens (including phenoxy) is 2. The van der Waals surface area contributed by atoms with E-state index in [0.717, 1.165) is 38.2 Å². The standard InChI is InChI=1S/C29H37NO4/c1-19-6-8-20(9-7-19)21(24-5-3-14-32-24)10-13-30-17-23-22-15-26-28(2,16-25(22)34-27(23)31)11-4-12-29(26)18-33-29/h3,5-9,14,21-23,25-26,30H,4,10-13,15-18H2,1-2H3/t21-,22+,23-,25+,26+,28+,29-/m0/s1. The van der Waals surface area contributed by atoms with E-state index in [1.165, 1.54) is 30.4 Å². The van der Waals surface area contributed by atoms with Crippen molar-refractivity contribution in [2.24, 2.45) is 23.2 Å². The largest absolute Gasteiger partial charge is 0.469 e. The quantitative estimate of drug-likeness (QED) is 0.346. The second kappa shape index (κ2) is 8.53. The third-order valence-electron chi connectivity index (χ3n) is 9.42. The van der Waals surface area contributed by atoms with E-state index in [1.54, 1.807) is 6.26 Å². The number of esters is 1. The fraction of sp³-hybridized carbons (Fsp3) is 0.621. The molecule has 6 rings (SSSR count). The van der Waals surface area contributed by atoms with Gasteiger partial charge in [-0.1, -0.05) is 36.8 Å². The molecule has 0 radical (unpaired) electrons. The van der Waals surface area contributed by atoms with Gasteiger partial charge in [0.25, 0.3) is 0 Å². The van der Waals surface area contributed by atoms with Gasteiger partial charge in [0.2, 0.25) is 0 Å². The Kier molecular flexibility index (Phi) is 5.61. The Hall–Kier alpha value is -2.11. The van der Waals surface area contributed by atoms with Crippen LogP contribution in [0.2, 0.25) is 0 Å². The Morgan fingerprint density at radius 1 is 1.18 bits per heavy atom. The second-order valence-electron chi connectivity index (χ2n) is 11.6. The van der Waals surface area contributed by atoms with Crippen LogP contribution in [-0.2, 0) is 14.3 Å².